The normalized spacial score (nSPS) is 19.6. The molecule has 2 amide bonds. The number of halogens is 1. The lowest BCUT2D eigenvalue weighted by Crippen LogP contribution is -2.35. The number of anilines is 1. The Labute approximate surface area is 161 Å². The molecule has 3 rings (SSSR count). The minimum Gasteiger partial charge on any atom is -0.492 e. The van der Waals surface area contributed by atoms with E-state index in [-0.39, 0.29) is 30.1 Å². The predicted octanol–water partition coefficient (Wildman–Crippen LogP) is 2.68. The van der Waals surface area contributed by atoms with Crippen LogP contribution in [0.4, 0.5) is 5.69 Å². The maximum Gasteiger partial charge on any atom is 0.253 e. The van der Waals surface area contributed by atoms with Crippen LogP contribution in [-0.4, -0.2) is 49.5 Å². The fraction of sp³-hybridized carbons (Fsp3) is 0.579. The van der Waals surface area contributed by atoms with Gasteiger partial charge in [0.2, 0.25) is 5.91 Å². The zero-order chi connectivity index (χ0) is 17.6. The van der Waals surface area contributed by atoms with Crippen LogP contribution in [-0.2, 0) is 4.79 Å². The van der Waals surface area contributed by atoms with Crippen LogP contribution in [0.2, 0.25) is 0 Å². The van der Waals surface area contributed by atoms with Gasteiger partial charge in [-0.25, -0.2) is 0 Å². The van der Waals surface area contributed by atoms with E-state index in [2.05, 4.69) is 10.6 Å². The summed E-state index contributed by atoms with van der Waals surface area (Å²) in [5, 5.41) is 6.16. The highest BCUT2D eigenvalue weighted by Gasteiger charge is 2.24. The molecule has 0 saturated carbocycles. The van der Waals surface area contributed by atoms with Gasteiger partial charge in [0.05, 0.1) is 18.2 Å². The third-order valence-electron chi connectivity index (χ3n) is 4.86. The molecule has 6 nitrogen and oxygen atoms in total. The lowest BCUT2D eigenvalue weighted by atomic mass is 10.1. The zero-order valence-electron chi connectivity index (χ0n) is 15.3. The highest BCUT2D eigenvalue weighted by Crippen LogP contribution is 2.28. The van der Waals surface area contributed by atoms with Gasteiger partial charge < -0.3 is 20.3 Å². The van der Waals surface area contributed by atoms with Crippen LogP contribution in [0.25, 0.3) is 0 Å². The summed E-state index contributed by atoms with van der Waals surface area (Å²) in [6, 6.07) is 5.32. The van der Waals surface area contributed by atoms with Crippen molar-refractivity contribution in [1.29, 1.82) is 0 Å². The van der Waals surface area contributed by atoms with Crippen molar-refractivity contribution >= 4 is 29.9 Å². The molecular formula is C19H28ClN3O3. The van der Waals surface area contributed by atoms with E-state index in [1.807, 2.05) is 11.8 Å². The van der Waals surface area contributed by atoms with Gasteiger partial charge in [-0.2, -0.15) is 0 Å². The largest absolute Gasteiger partial charge is 0.492 e. The van der Waals surface area contributed by atoms with E-state index in [9.17, 15) is 9.59 Å². The van der Waals surface area contributed by atoms with E-state index in [0.717, 1.165) is 38.9 Å². The van der Waals surface area contributed by atoms with E-state index < -0.39 is 0 Å². The van der Waals surface area contributed by atoms with E-state index in [1.54, 1.807) is 18.2 Å². The summed E-state index contributed by atoms with van der Waals surface area (Å²) in [4.78, 5) is 27.1. The van der Waals surface area contributed by atoms with Gasteiger partial charge >= 0.3 is 0 Å². The van der Waals surface area contributed by atoms with E-state index >= 15 is 0 Å². The molecule has 0 spiro atoms. The number of likely N-dealkylation sites (tertiary alicyclic amines) is 1. The van der Waals surface area contributed by atoms with Crippen molar-refractivity contribution in [2.75, 3.05) is 38.1 Å². The number of amides is 2. The minimum atomic E-state index is -0.0315. The molecule has 144 valence electrons. The second-order valence-electron chi connectivity index (χ2n) is 6.68. The fourth-order valence-electron chi connectivity index (χ4n) is 3.43. The van der Waals surface area contributed by atoms with Gasteiger partial charge in [-0.3, -0.25) is 9.59 Å². The number of ether oxygens (including phenoxy) is 1. The zero-order valence-corrected chi connectivity index (χ0v) is 16.1. The van der Waals surface area contributed by atoms with Crippen molar-refractivity contribution in [2.45, 2.75) is 32.6 Å². The summed E-state index contributed by atoms with van der Waals surface area (Å²) in [5.41, 5.74) is 1.19. The highest BCUT2D eigenvalue weighted by molar-refractivity contribution is 5.99. The second kappa shape index (κ2) is 9.78. The Kier molecular flexibility index (Phi) is 7.72. The second-order valence-corrected chi connectivity index (χ2v) is 6.68. The lowest BCUT2D eigenvalue weighted by molar-refractivity contribution is -0.119. The first-order valence-electron chi connectivity index (χ1n) is 9.26. The molecule has 0 radical (unpaired) electrons. The molecule has 2 heterocycles. The minimum absolute atomic E-state index is 0. The van der Waals surface area contributed by atoms with Crippen molar-refractivity contribution in [2.24, 2.45) is 5.92 Å². The molecule has 0 aliphatic carbocycles. The predicted molar refractivity (Wildman–Crippen MR) is 104 cm³/mol. The first kappa shape index (κ1) is 20.5. The van der Waals surface area contributed by atoms with Crippen LogP contribution in [0.3, 0.4) is 0 Å². The number of piperidine rings is 1. The molecule has 1 atom stereocenters. The van der Waals surface area contributed by atoms with Crippen molar-refractivity contribution in [3.05, 3.63) is 23.8 Å². The molecular weight excluding hydrogens is 354 g/mol. The number of carbonyl (C=O) groups excluding carboxylic acids is 2. The van der Waals surface area contributed by atoms with Crippen molar-refractivity contribution in [3.8, 4) is 5.75 Å². The molecule has 1 aromatic carbocycles. The van der Waals surface area contributed by atoms with Crippen LogP contribution in [0, 0.1) is 5.92 Å². The molecule has 0 aromatic heterocycles. The first-order valence-corrected chi connectivity index (χ1v) is 9.26. The Morgan fingerprint density at radius 1 is 1.27 bits per heavy atom. The Hall–Kier alpha value is -1.79. The summed E-state index contributed by atoms with van der Waals surface area (Å²) in [6.07, 6.45) is 4.13. The Balaban J connectivity index is 0.00000243. The maximum atomic E-state index is 12.7. The van der Waals surface area contributed by atoms with Gasteiger partial charge in [0, 0.05) is 25.2 Å². The highest BCUT2D eigenvalue weighted by atomic mass is 35.5. The average molecular weight is 382 g/mol. The molecule has 2 aliphatic heterocycles. The number of nitrogens with zero attached hydrogens (tertiary/aromatic N) is 1. The Morgan fingerprint density at radius 3 is 2.69 bits per heavy atom. The molecule has 1 aromatic rings. The molecule has 2 N–H and O–H groups in total. The van der Waals surface area contributed by atoms with Gasteiger partial charge in [0.1, 0.15) is 5.75 Å². The third-order valence-corrected chi connectivity index (χ3v) is 4.86. The molecule has 1 unspecified atom stereocenters. The number of rotatable bonds is 5. The van der Waals surface area contributed by atoms with Crippen molar-refractivity contribution < 1.29 is 14.3 Å². The third kappa shape index (κ3) is 4.89. The van der Waals surface area contributed by atoms with Crippen LogP contribution < -0.4 is 15.4 Å². The quantitative estimate of drug-likeness (QED) is 0.822. The average Bonchev–Trinajstić information content (AvgIpc) is 3.18. The van der Waals surface area contributed by atoms with Crippen LogP contribution in [0.15, 0.2) is 18.2 Å². The monoisotopic (exact) mass is 381 g/mol. The molecule has 2 fully saturated rings. The summed E-state index contributed by atoms with van der Waals surface area (Å²) in [5.74, 6) is 0.585. The van der Waals surface area contributed by atoms with Crippen molar-refractivity contribution in [3.63, 3.8) is 0 Å². The van der Waals surface area contributed by atoms with Gasteiger partial charge in [-0.1, -0.05) is 0 Å². The fourth-order valence-corrected chi connectivity index (χ4v) is 3.43. The van der Waals surface area contributed by atoms with Gasteiger partial charge in [-0.05, 0) is 57.4 Å². The summed E-state index contributed by atoms with van der Waals surface area (Å²) in [6.45, 7) is 5.58. The van der Waals surface area contributed by atoms with Gasteiger partial charge in [-0.15, -0.1) is 12.4 Å². The van der Waals surface area contributed by atoms with Crippen molar-refractivity contribution in [1.82, 2.24) is 10.2 Å². The SMILES string of the molecule is CCOc1ccc(C(=O)N2CCCCC2)cc1NC(=O)C1CCNC1.Cl. The van der Waals surface area contributed by atoms with E-state index in [1.165, 1.54) is 6.42 Å². The number of benzene rings is 1. The van der Waals surface area contributed by atoms with Crippen LogP contribution >= 0.6 is 12.4 Å². The number of nitrogens with one attached hydrogen (secondary N) is 2. The smallest absolute Gasteiger partial charge is 0.253 e. The lowest BCUT2D eigenvalue weighted by Gasteiger charge is -2.27. The Bertz CT molecular complexity index is 626. The number of hydrogen-bond donors (Lipinski definition) is 2. The molecule has 26 heavy (non-hydrogen) atoms. The molecule has 7 heteroatoms. The summed E-state index contributed by atoms with van der Waals surface area (Å²) >= 11 is 0. The van der Waals surface area contributed by atoms with Crippen LogP contribution in [0.1, 0.15) is 43.0 Å². The molecule has 2 aliphatic rings. The van der Waals surface area contributed by atoms with E-state index in [0.29, 0.717) is 30.2 Å². The standard InChI is InChI=1S/C19H27N3O3.ClH/c1-2-25-17-7-6-14(19(24)22-10-4-3-5-11-22)12-16(17)21-18(23)15-8-9-20-13-15;/h6-7,12,15,20H,2-5,8-11,13H2,1H3,(H,21,23);1H. The maximum absolute atomic E-state index is 12.7. The van der Waals surface area contributed by atoms with Crippen LogP contribution in [0.5, 0.6) is 5.75 Å². The summed E-state index contributed by atoms with van der Waals surface area (Å²) < 4.78 is 5.63. The van der Waals surface area contributed by atoms with E-state index in [4.69, 9.17) is 4.74 Å². The molecule has 2 saturated heterocycles. The van der Waals surface area contributed by atoms with Gasteiger partial charge in [0.25, 0.3) is 5.91 Å². The summed E-state index contributed by atoms with van der Waals surface area (Å²) in [7, 11) is 0. The number of hydrogen-bond acceptors (Lipinski definition) is 4. The topological polar surface area (TPSA) is 70.7 Å². The number of carbonyl (C=O) groups is 2. The first-order chi connectivity index (χ1) is 12.2. The van der Waals surface area contributed by atoms with Gasteiger partial charge in [0.15, 0.2) is 0 Å². The molecule has 0 bridgehead atoms. The Morgan fingerprint density at radius 2 is 2.04 bits per heavy atom.